The van der Waals surface area contributed by atoms with E-state index in [0.717, 1.165) is 49.4 Å². The zero-order valence-electron chi connectivity index (χ0n) is 16.0. The molecule has 2 aromatic heterocycles. The molecule has 1 saturated heterocycles. The van der Waals surface area contributed by atoms with E-state index >= 15 is 0 Å². The first kappa shape index (κ1) is 18.2. The van der Waals surface area contributed by atoms with Crippen LogP contribution in [0.15, 0.2) is 61.3 Å². The summed E-state index contributed by atoms with van der Waals surface area (Å²) in [5.74, 6) is 1.61. The summed E-state index contributed by atoms with van der Waals surface area (Å²) in [6.07, 6.45) is 11.2. The second-order valence-corrected chi connectivity index (χ2v) is 7.01. The Morgan fingerprint density at radius 2 is 1.96 bits per heavy atom. The molecule has 4 rings (SSSR count). The van der Waals surface area contributed by atoms with Crippen molar-refractivity contribution in [3.8, 4) is 11.6 Å². The minimum atomic E-state index is 0.0346. The third-order valence-corrected chi connectivity index (χ3v) is 5.28. The van der Waals surface area contributed by atoms with E-state index in [-0.39, 0.29) is 11.9 Å². The van der Waals surface area contributed by atoms with Crippen molar-refractivity contribution in [1.82, 2.24) is 19.4 Å². The van der Waals surface area contributed by atoms with E-state index in [4.69, 9.17) is 4.74 Å². The molecule has 1 amide bonds. The predicted molar refractivity (Wildman–Crippen MR) is 107 cm³/mol. The maximum absolute atomic E-state index is 13.3. The van der Waals surface area contributed by atoms with E-state index in [0.29, 0.717) is 5.56 Å². The Morgan fingerprint density at radius 1 is 1.11 bits per heavy atom. The predicted octanol–water partition coefficient (Wildman–Crippen LogP) is 4.03. The highest BCUT2D eigenvalue weighted by Crippen LogP contribution is 2.32. The van der Waals surface area contributed by atoms with Crippen molar-refractivity contribution in [3.63, 3.8) is 0 Å². The van der Waals surface area contributed by atoms with Gasteiger partial charge < -0.3 is 9.64 Å². The van der Waals surface area contributed by atoms with Crippen LogP contribution in [0.4, 0.5) is 0 Å². The molecule has 0 bridgehead atoms. The van der Waals surface area contributed by atoms with Gasteiger partial charge in [0.2, 0.25) is 0 Å². The van der Waals surface area contributed by atoms with Crippen LogP contribution in [0.5, 0.6) is 5.75 Å². The Kier molecular flexibility index (Phi) is 5.37. The van der Waals surface area contributed by atoms with Gasteiger partial charge in [0.1, 0.15) is 17.9 Å². The number of carbonyl (C=O) groups excluding carboxylic acids is 1. The second-order valence-electron chi connectivity index (χ2n) is 7.01. The molecule has 0 saturated carbocycles. The minimum Gasteiger partial charge on any atom is -0.497 e. The minimum absolute atomic E-state index is 0.0346. The first-order chi connectivity index (χ1) is 13.8. The summed E-state index contributed by atoms with van der Waals surface area (Å²) < 4.78 is 7.09. The maximum atomic E-state index is 13.3. The number of rotatable bonds is 4. The van der Waals surface area contributed by atoms with E-state index < -0.39 is 0 Å². The van der Waals surface area contributed by atoms with Crippen molar-refractivity contribution in [1.29, 1.82) is 0 Å². The van der Waals surface area contributed by atoms with E-state index in [9.17, 15) is 4.79 Å². The van der Waals surface area contributed by atoms with Crippen LogP contribution in [0.25, 0.3) is 5.82 Å². The lowest BCUT2D eigenvalue weighted by molar-refractivity contribution is 0.0680. The van der Waals surface area contributed by atoms with Crippen LogP contribution in [0.2, 0.25) is 0 Å². The molecule has 6 nitrogen and oxygen atoms in total. The molecule has 0 aliphatic carbocycles. The van der Waals surface area contributed by atoms with Crippen molar-refractivity contribution in [2.75, 3.05) is 13.7 Å². The van der Waals surface area contributed by atoms with Gasteiger partial charge in [-0.15, -0.1) is 0 Å². The van der Waals surface area contributed by atoms with Crippen LogP contribution in [0.1, 0.15) is 47.6 Å². The molecule has 3 heterocycles. The van der Waals surface area contributed by atoms with Crippen LogP contribution in [-0.2, 0) is 0 Å². The summed E-state index contributed by atoms with van der Waals surface area (Å²) in [7, 11) is 1.66. The Hall–Kier alpha value is -3.15. The van der Waals surface area contributed by atoms with Crippen molar-refractivity contribution in [2.45, 2.75) is 31.7 Å². The number of methoxy groups -OCH3 is 1. The lowest BCUT2D eigenvalue weighted by Gasteiger charge is -2.30. The Labute approximate surface area is 164 Å². The van der Waals surface area contributed by atoms with Gasteiger partial charge in [0.05, 0.1) is 18.7 Å². The fourth-order valence-corrected chi connectivity index (χ4v) is 3.75. The van der Waals surface area contributed by atoms with Gasteiger partial charge in [0, 0.05) is 25.1 Å². The molecule has 1 atom stereocenters. The Bertz CT molecular complexity index is 905. The summed E-state index contributed by atoms with van der Waals surface area (Å²) in [5.41, 5.74) is 1.77. The average molecular weight is 376 g/mol. The number of imidazole rings is 1. The van der Waals surface area contributed by atoms with Crippen LogP contribution >= 0.6 is 0 Å². The topological polar surface area (TPSA) is 60.2 Å². The zero-order chi connectivity index (χ0) is 19.3. The third kappa shape index (κ3) is 3.76. The van der Waals surface area contributed by atoms with Gasteiger partial charge in [0.25, 0.3) is 5.91 Å². The lowest BCUT2D eigenvalue weighted by Crippen LogP contribution is -2.34. The van der Waals surface area contributed by atoms with E-state index in [1.807, 2.05) is 39.9 Å². The quantitative estimate of drug-likeness (QED) is 0.690. The number of hydrogen-bond donors (Lipinski definition) is 0. The molecule has 144 valence electrons. The normalized spacial score (nSPS) is 17.2. The van der Waals surface area contributed by atoms with Gasteiger partial charge >= 0.3 is 0 Å². The van der Waals surface area contributed by atoms with Gasteiger partial charge in [-0.05, 0) is 42.7 Å². The Morgan fingerprint density at radius 3 is 2.64 bits per heavy atom. The number of amides is 1. The summed E-state index contributed by atoms with van der Waals surface area (Å²) in [6.45, 7) is 0.763. The molecule has 1 fully saturated rings. The largest absolute Gasteiger partial charge is 0.497 e. The number of benzene rings is 1. The van der Waals surface area contributed by atoms with Crippen LogP contribution in [-0.4, -0.2) is 39.0 Å². The van der Waals surface area contributed by atoms with Gasteiger partial charge in [-0.25, -0.2) is 9.97 Å². The standard InChI is InChI=1S/C22H24N4O2/c1-28-19-9-6-17(7-10-19)20-5-3-2-4-13-26(20)22(27)18-8-11-21(24-15-18)25-14-12-23-16-25/h6-12,14-16,20H,2-5,13H2,1H3. The highest BCUT2D eigenvalue weighted by molar-refractivity contribution is 5.94. The summed E-state index contributed by atoms with van der Waals surface area (Å²) in [4.78, 5) is 23.8. The number of likely N-dealkylation sites (tertiary alicyclic amines) is 1. The molecular formula is C22H24N4O2. The fourth-order valence-electron chi connectivity index (χ4n) is 3.75. The summed E-state index contributed by atoms with van der Waals surface area (Å²) >= 11 is 0. The van der Waals surface area contributed by atoms with E-state index in [1.165, 1.54) is 0 Å². The molecule has 1 aromatic carbocycles. The first-order valence-corrected chi connectivity index (χ1v) is 9.65. The summed E-state index contributed by atoms with van der Waals surface area (Å²) in [6, 6.07) is 11.8. The number of hydrogen-bond acceptors (Lipinski definition) is 4. The molecule has 0 spiro atoms. The van der Waals surface area contributed by atoms with Gasteiger partial charge in [-0.3, -0.25) is 9.36 Å². The highest BCUT2D eigenvalue weighted by atomic mass is 16.5. The molecular weight excluding hydrogens is 352 g/mol. The van der Waals surface area contributed by atoms with Gasteiger partial charge in [-0.2, -0.15) is 0 Å². The smallest absolute Gasteiger partial charge is 0.255 e. The fraction of sp³-hybridized carbons (Fsp3) is 0.318. The summed E-state index contributed by atoms with van der Waals surface area (Å²) in [5, 5.41) is 0. The van der Waals surface area contributed by atoms with Crippen molar-refractivity contribution in [3.05, 3.63) is 72.4 Å². The Balaban J connectivity index is 1.59. The zero-order valence-corrected chi connectivity index (χ0v) is 16.0. The molecule has 1 unspecified atom stereocenters. The van der Waals surface area contributed by atoms with Gasteiger partial charge in [-0.1, -0.05) is 25.0 Å². The van der Waals surface area contributed by atoms with Gasteiger partial charge in [0.15, 0.2) is 0 Å². The maximum Gasteiger partial charge on any atom is 0.255 e. The van der Waals surface area contributed by atoms with Crippen molar-refractivity contribution in [2.24, 2.45) is 0 Å². The molecule has 3 aromatic rings. The molecule has 1 aliphatic heterocycles. The van der Waals surface area contributed by atoms with Crippen LogP contribution in [0.3, 0.4) is 0 Å². The van der Waals surface area contributed by atoms with Crippen molar-refractivity contribution >= 4 is 5.91 Å². The number of ether oxygens (including phenoxy) is 1. The molecule has 28 heavy (non-hydrogen) atoms. The van der Waals surface area contributed by atoms with Crippen molar-refractivity contribution < 1.29 is 9.53 Å². The highest BCUT2D eigenvalue weighted by Gasteiger charge is 2.27. The number of pyridine rings is 1. The molecule has 1 aliphatic rings. The number of nitrogens with zero attached hydrogens (tertiary/aromatic N) is 4. The molecule has 0 radical (unpaired) electrons. The monoisotopic (exact) mass is 376 g/mol. The van der Waals surface area contributed by atoms with E-state index in [1.54, 1.807) is 25.8 Å². The third-order valence-electron chi connectivity index (χ3n) is 5.28. The van der Waals surface area contributed by atoms with Crippen LogP contribution in [0, 0.1) is 0 Å². The molecule has 6 heteroatoms. The number of aromatic nitrogens is 3. The average Bonchev–Trinajstić information content (AvgIpc) is 3.18. The van der Waals surface area contributed by atoms with Crippen LogP contribution < -0.4 is 4.74 Å². The SMILES string of the molecule is COc1ccc(C2CCCCCN2C(=O)c2ccc(-n3ccnc3)nc2)cc1. The molecule has 0 N–H and O–H groups in total. The number of carbonyl (C=O) groups is 1. The van der Waals surface area contributed by atoms with E-state index in [2.05, 4.69) is 22.1 Å². The lowest BCUT2D eigenvalue weighted by atomic mass is 10.00. The second kappa shape index (κ2) is 8.25. The first-order valence-electron chi connectivity index (χ1n) is 9.65.